The van der Waals surface area contributed by atoms with Gasteiger partial charge >= 0.3 is 0 Å². The first-order valence-electron chi connectivity index (χ1n) is 8.62. The molecule has 1 aliphatic heterocycles. The Balaban J connectivity index is 1.69. The van der Waals surface area contributed by atoms with Gasteiger partial charge in [-0.15, -0.1) is 0 Å². The van der Waals surface area contributed by atoms with Crippen molar-refractivity contribution in [2.45, 2.75) is 71.8 Å². The predicted molar refractivity (Wildman–Crippen MR) is 83.5 cm³/mol. The van der Waals surface area contributed by atoms with Crippen molar-refractivity contribution in [3.05, 3.63) is 0 Å². The van der Waals surface area contributed by atoms with Gasteiger partial charge in [0.1, 0.15) is 0 Å². The molecule has 0 amide bonds. The van der Waals surface area contributed by atoms with Crippen LogP contribution in [0.4, 0.5) is 0 Å². The van der Waals surface area contributed by atoms with Crippen LogP contribution in [0.15, 0.2) is 0 Å². The van der Waals surface area contributed by atoms with Gasteiger partial charge in [0.25, 0.3) is 0 Å². The normalized spacial score (nSPS) is 31.7. The van der Waals surface area contributed by atoms with E-state index in [4.69, 9.17) is 0 Å². The fraction of sp³-hybridized carbons (Fsp3) is 1.00. The minimum atomic E-state index is 0.635. The van der Waals surface area contributed by atoms with E-state index < -0.39 is 0 Å². The fourth-order valence-electron chi connectivity index (χ4n) is 3.93. The van der Waals surface area contributed by atoms with Crippen molar-refractivity contribution in [2.75, 3.05) is 26.2 Å². The van der Waals surface area contributed by atoms with Crippen LogP contribution in [0.3, 0.4) is 0 Å². The quantitative estimate of drug-likeness (QED) is 0.789. The number of piperidine rings is 1. The maximum atomic E-state index is 3.69. The summed E-state index contributed by atoms with van der Waals surface area (Å²) in [4.78, 5) is 2.72. The molecule has 0 spiro atoms. The molecule has 1 aliphatic carbocycles. The van der Waals surface area contributed by atoms with E-state index >= 15 is 0 Å². The van der Waals surface area contributed by atoms with Crippen molar-refractivity contribution in [1.29, 1.82) is 0 Å². The summed E-state index contributed by atoms with van der Waals surface area (Å²) in [6.07, 6.45) is 9.89. The van der Waals surface area contributed by atoms with Crippen LogP contribution in [0.5, 0.6) is 0 Å². The lowest BCUT2D eigenvalue weighted by Crippen LogP contribution is -2.40. The van der Waals surface area contributed by atoms with Gasteiger partial charge in [-0.1, -0.05) is 33.6 Å². The van der Waals surface area contributed by atoms with E-state index in [1.165, 1.54) is 64.6 Å². The Bertz CT molecular complexity index is 256. The zero-order valence-corrected chi connectivity index (χ0v) is 13.4. The molecule has 2 unspecified atom stereocenters. The van der Waals surface area contributed by atoms with Crippen LogP contribution in [-0.4, -0.2) is 37.1 Å². The van der Waals surface area contributed by atoms with E-state index in [9.17, 15) is 0 Å². The molecule has 19 heavy (non-hydrogen) atoms. The molecular formula is C17H34N2. The molecule has 112 valence electrons. The molecule has 2 nitrogen and oxygen atoms in total. The Morgan fingerprint density at radius 2 is 1.89 bits per heavy atom. The summed E-state index contributed by atoms with van der Waals surface area (Å²) >= 11 is 0. The lowest BCUT2D eigenvalue weighted by atomic mass is 9.78. The van der Waals surface area contributed by atoms with E-state index in [0.717, 1.165) is 18.5 Å². The van der Waals surface area contributed by atoms with Crippen LogP contribution in [0.1, 0.15) is 65.7 Å². The molecule has 2 rings (SSSR count). The molecule has 1 saturated heterocycles. The van der Waals surface area contributed by atoms with Crippen molar-refractivity contribution >= 4 is 0 Å². The smallest absolute Gasteiger partial charge is 0.00956 e. The lowest BCUT2D eigenvalue weighted by Gasteiger charge is -2.39. The first-order chi connectivity index (χ1) is 9.17. The minimum Gasteiger partial charge on any atom is -0.314 e. The van der Waals surface area contributed by atoms with Crippen LogP contribution in [0.25, 0.3) is 0 Å². The van der Waals surface area contributed by atoms with E-state index in [1.54, 1.807) is 0 Å². The summed E-state index contributed by atoms with van der Waals surface area (Å²) in [5.74, 6) is 0.944. The third-order valence-corrected chi connectivity index (χ3v) is 5.86. The number of hydrogen-bond donors (Lipinski definition) is 1. The summed E-state index contributed by atoms with van der Waals surface area (Å²) in [6, 6.07) is 0.815. The molecular weight excluding hydrogens is 232 g/mol. The highest BCUT2D eigenvalue weighted by atomic mass is 15.1. The van der Waals surface area contributed by atoms with Crippen LogP contribution in [-0.2, 0) is 0 Å². The highest BCUT2D eigenvalue weighted by Crippen LogP contribution is 2.34. The Morgan fingerprint density at radius 3 is 2.53 bits per heavy atom. The molecule has 0 aromatic rings. The topological polar surface area (TPSA) is 15.3 Å². The number of nitrogens with one attached hydrogen (secondary N) is 1. The highest BCUT2D eigenvalue weighted by Gasteiger charge is 2.30. The number of likely N-dealkylation sites (tertiary alicyclic amines) is 1. The molecule has 1 N–H and O–H groups in total. The van der Waals surface area contributed by atoms with Crippen LogP contribution in [0, 0.1) is 11.3 Å². The monoisotopic (exact) mass is 266 g/mol. The Hall–Kier alpha value is -0.0800. The standard InChI is InChI=1S/C17H34N2/c1-4-17(3)10-13-19(14-11-17)12-9-15-7-6-8-16(15)18-5-2/h15-16,18H,4-14H2,1-3H3. The third kappa shape index (κ3) is 4.19. The summed E-state index contributed by atoms with van der Waals surface area (Å²) in [5.41, 5.74) is 0.635. The van der Waals surface area contributed by atoms with E-state index in [-0.39, 0.29) is 0 Å². The predicted octanol–water partition coefficient (Wildman–Crippen LogP) is 3.67. The Kier molecular flexibility index (Phi) is 5.70. The maximum absolute atomic E-state index is 3.69. The molecule has 0 aromatic heterocycles. The van der Waals surface area contributed by atoms with Crippen molar-refractivity contribution in [3.63, 3.8) is 0 Å². The zero-order valence-electron chi connectivity index (χ0n) is 13.4. The van der Waals surface area contributed by atoms with E-state index in [1.807, 2.05) is 0 Å². The van der Waals surface area contributed by atoms with Crippen molar-refractivity contribution < 1.29 is 0 Å². The fourth-order valence-corrected chi connectivity index (χ4v) is 3.93. The van der Waals surface area contributed by atoms with Crippen molar-refractivity contribution in [2.24, 2.45) is 11.3 Å². The van der Waals surface area contributed by atoms with E-state index in [0.29, 0.717) is 5.41 Å². The average molecular weight is 266 g/mol. The molecule has 0 radical (unpaired) electrons. The first-order valence-corrected chi connectivity index (χ1v) is 8.62. The van der Waals surface area contributed by atoms with Gasteiger partial charge in [0.2, 0.25) is 0 Å². The van der Waals surface area contributed by atoms with E-state index in [2.05, 4.69) is 31.0 Å². The van der Waals surface area contributed by atoms with Gasteiger partial charge in [0, 0.05) is 6.04 Å². The Morgan fingerprint density at radius 1 is 1.16 bits per heavy atom. The number of hydrogen-bond acceptors (Lipinski definition) is 2. The van der Waals surface area contributed by atoms with Crippen LogP contribution in [0.2, 0.25) is 0 Å². The maximum Gasteiger partial charge on any atom is 0.00956 e. The van der Waals surface area contributed by atoms with Gasteiger partial charge < -0.3 is 10.2 Å². The van der Waals surface area contributed by atoms with Gasteiger partial charge in [-0.3, -0.25) is 0 Å². The second-order valence-electron chi connectivity index (χ2n) is 7.15. The Labute approximate surface area is 120 Å². The summed E-state index contributed by atoms with van der Waals surface area (Å²) in [6.45, 7) is 12.2. The molecule has 0 bridgehead atoms. The second-order valence-corrected chi connectivity index (χ2v) is 7.15. The largest absolute Gasteiger partial charge is 0.314 e. The summed E-state index contributed by atoms with van der Waals surface area (Å²) in [5, 5.41) is 3.69. The van der Waals surface area contributed by atoms with Gasteiger partial charge in [-0.2, -0.15) is 0 Å². The molecule has 1 saturated carbocycles. The second kappa shape index (κ2) is 7.08. The summed E-state index contributed by atoms with van der Waals surface area (Å²) in [7, 11) is 0. The lowest BCUT2D eigenvalue weighted by molar-refractivity contribution is 0.108. The molecule has 2 aliphatic rings. The van der Waals surface area contributed by atoms with Crippen LogP contribution < -0.4 is 5.32 Å². The van der Waals surface area contributed by atoms with Gasteiger partial charge in [-0.05, 0) is 69.6 Å². The zero-order chi connectivity index (χ0) is 13.7. The van der Waals surface area contributed by atoms with Gasteiger partial charge in [-0.25, -0.2) is 0 Å². The van der Waals surface area contributed by atoms with Gasteiger partial charge in [0.15, 0.2) is 0 Å². The minimum absolute atomic E-state index is 0.635. The molecule has 1 heterocycles. The first kappa shape index (κ1) is 15.3. The highest BCUT2D eigenvalue weighted by molar-refractivity contribution is 4.85. The SMILES string of the molecule is CCNC1CCCC1CCN1CCC(C)(CC)CC1. The van der Waals surface area contributed by atoms with Crippen LogP contribution >= 0.6 is 0 Å². The number of rotatable bonds is 6. The third-order valence-electron chi connectivity index (χ3n) is 5.86. The van der Waals surface area contributed by atoms with Crippen molar-refractivity contribution in [3.8, 4) is 0 Å². The summed E-state index contributed by atoms with van der Waals surface area (Å²) < 4.78 is 0. The molecule has 2 atom stereocenters. The molecule has 2 fully saturated rings. The average Bonchev–Trinajstić information content (AvgIpc) is 2.86. The van der Waals surface area contributed by atoms with Crippen molar-refractivity contribution in [1.82, 2.24) is 10.2 Å². The molecule has 2 heteroatoms. The molecule has 0 aromatic carbocycles. The number of nitrogens with zero attached hydrogens (tertiary/aromatic N) is 1. The van der Waals surface area contributed by atoms with Gasteiger partial charge in [0.05, 0.1) is 0 Å².